The van der Waals surface area contributed by atoms with Gasteiger partial charge in [-0.2, -0.15) is 0 Å². The molecule has 0 saturated heterocycles. The number of fused-ring (bicyclic) bond motifs is 3. The van der Waals surface area contributed by atoms with Crippen molar-refractivity contribution in [2.45, 2.75) is 0 Å². The van der Waals surface area contributed by atoms with Crippen molar-refractivity contribution in [3.8, 4) is 21.1 Å². The number of rotatable bonds is 0. The zero-order chi connectivity index (χ0) is 9.83. The van der Waals surface area contributed by atoms with Crippen LogP contribution in [0.3, 0.4) is 0 Å². The van der Waals surface area contributed by atoms with E-state index in [4.69, 9.17) is 0 Å². The Balaban J connectivity index is 2.35. The van der Waals surface area contributed by atoms with Crippen molar-refractivity contribution in [2.75, 3.05) is 0 Å². The summed E-state index contributed by atoms with van der Waals surface area (Å²) in [5.74, 6) is 0. The predicted octanol–water partition coefficient (Wildman–Crippen LogP) is 3.54. The molecule has 0 spiro atoms. The van der Waals surface area contributed by atoms with Gasteiger partial charge in [0.05, 0.1) is 0 Å². The van der Waals surface area contributed by atoms with Crippen molar-refractivity contribution < 1.29 is 0 Å². The van der Waals surface area contributed by atoms with Crippen molar-refractivity contribution in [3.63, 3.8) is 0 Å². The Morgan fingerprint density at radius 1 is 0.733 bits per heavy atom. The van der Waals surface area contributed by atoms with Gasteiger partial charge >= 0.3 is 93.8 Å². The Labute approximate surface area is 93.9 Å². The molecule has 1 aliphatic carbocycles. The van der Waals surface area contributed by atoms with Gasteiger partial charge in [0.15, 0.2) is 0 Å². The van der Waals surface area contributed by atoms with E-state index in [1.807, 2.05) is 0 Å². The van der Waals surface area contributed by atoms with Crippen molar-refractivity contribution in [2.24, 2.45) is 0 Å². The average Bonchev–Trinajstić information content (AvgIpc) is 2.84. The van der Waals surface area contributed by atoms with E-state index in [9.17, 15) is 0 Å². The topological polar surface area (TPSA) is 0 Å². The van der Waals surface area contributed by atoms with Gasteiger partial charge in [0.2, 0.25) is 0 Å². The molecule has 0 radical (unpaired) electrons. The van der Waals surface area contributed by atoms with E-state index in [0.717, 1.165) is 0 Å². The molecule has 0 unspecified atom stereocenters. The quantitative estimate of drug-likeness (QED) is 0.421. The fourth-order valence-corrected chi connectivity index (χ4v) is 4.46. The van der Waals surface area contributed by atoms with Gasteiger partial charge < -0.3 is 0 Å². The van der Waals surface area contributed by atoms with Crippen LogP contribution in [0, 0.1) is 0 Å². The molecule has 1 heteroatoms. The second kappa shape index (κ2) is 2.63. The van der Waals surface area contributed by atoms with E-state index in [-0.39, 0.29) is 0 Å². The first kappa shape index (κ1) is 7.92. The average molecular weight is 255 g/mol. The minimum absolute atomic E-state index is 0.544. The van der Waals surface area contributed by atoms with Crippen LogP contribution in [0.4, 0.5) is 0 Å². The Kier molecular flexibility index (Phi) is 1.39. The molecule has 0 nitrogen and oxygen atoms in total. The molecule has 0 aliphatic heterocycles. The molecule has 3 aromatic rings. The van der Waals surface area contributed by atoms with E-state index in [1.54, 1.807) is 4.44 Å². The summed E-state index contributed by atoms with van der Waals surface area (Å²) in [6.45, 7) is 0. The van der Waals surface area contributed by atoms with Crippen molar-refractivity contribution in [1.82, 2.24) is 0 Å². The summed E-state index contributed by atoms with van der Waals surface area (Å²) >= 11 is 0.544. The molecule has 1 heterocycles. The third-order valence-corrected chi connectivity index (χ3v) is 5.09. The first-order valence-electron chi connectivity index (χ1n) is 5.05. The van der Waals surface area contributed by atoms with Crippen LogP contribution in [0.2, 0.25) is 0 Å². The van der Waals surface area contributed by atoms with Gasteiger partial charge in [-0.05, 0) is 0 Å². The monoisotopic (exact) mass is 256 g/mol. The standard InChI is InChI=1S/C14H8Se/c1-3-9-4-2-6-12-13(9)10(5-1)11-7-8-15-14(11)12/h1-8H. The fourth-order valence-electron chi connectivity index (χ4n) is 2.48. The van der Waals surface area contributed by atoms with Crippen LogP contribution < -0.4 is 0 Å². The molecular formula is C14H8Se. The fraction of sp³-hybridized carbons (Fsp3) is 0. The molecule has 0 N–H and O–H groups in total. The van der Waals surface area contributed by atoms with E-state index < -0.39 is 0 Å². The van der Waals surface area contributed by atoms with E-state index in [2.05, 4.69) is 47.4 Å². The SMILES string of the molecule is c1cc2c3c(cccc3c1)-c1[se]ccc1-2. The zero-order valence-corrected chi connectivity index (χ0v) is 9.74. The van der Waals surface area contributed by atoms with Crippen LogP contribution in [0.25, 0.3) is 31.9 Å². The molecule has 0 saturated carbocycles. The molecule has 70 valence electrons. The van der Waals surface area contributed by atoms with Crippen LogP contribution >= 0.6 is 0 Å². The summed E-state index contributed by atoms with van der Waals surface area (Å²) in [7, 11) is 0. The second-order valence-corrected chi connectivity index (χ2v) is 5.79. The number of benzene rings is 2. The van der Waals surface area contributed by atoms with Crippen LogP contribution in [0.5, 0.6) is 0 Å². The maximum atomic E-state index is 2.33. The van der Waals surface area contributed by atoms with Crippen molar-refractivity contribution in [3.05, 3.63) is 47.4 Å². The van der Waals surface area contributed by atoms with Gasteiger partial charge in [-0.15, -0.1) is 0 Å². The van der Waals surface area contributed by atoms with Crippen molar-refractivity contribution >= 4 is 25.3 Å². The van der Waals surface area contributed by atoms with E-state index in [0.29, 0.717) is 14.5 Å². The molecule has 1 aromatic heterocycles. The summed E-state index contributed by atoms with van der Waals surface area (Å²) in [4.78, 5) is 2.33. The van der Waals surface area contributed by atoms with Gasteiger partial charge in [0.25, 0.3) is 0 Å². The van der Waals surface area contributed by atoms with Gasteiger partial charge in [-0.3, -0.25) is 0 Å². The van der Waals surface area contributed by atoms with E-state index >= 15 is 0 Å². The molecule has 2 aromatic carbocycles. The van der Waals surface area contributed by atoms with Crippen LogP contribution in [-0.4, -0.2) is 14.5 Å². The van der Waals surface area contributed by atoms with Gasteiger partial charge in [-0.25, -0.2) is 0 Å². The summed E-state index contributed by atoms with van der Waals surface area (Å²) in [6.07, 6.45) is 0. The van der Waals surface area contributed by atoms with Crippen LogP contribution in [0.15, 0.2) is 47.4 Å². The summed E-state index contributed by atoms with van der Waals surface area (Å²) in [6, 6.07) is 15.6. The molecule has 0 atom stereocenters. The van der Waals surface area contributed by atoms with Crippen LogP contribution in [0.1, 0.15) is 0 Å². The van der Waals surface area contributed by atoms with Crippen LogP contribution in [-0.2, 0) is 0 Å². The molecule has 0 amide bonds. The number of hydrogen-bond acceptors (Lipinski definition) is 0. The normalized spacial score (nSPS) is 12.0. The Morgan fingerprint density at radius 3 is 2.40 bits per heavy atom. The summed E-state index contributed by atoms with van der Waals surface area (Å²) < 4.78 is 1.58. The minimum atomic E-state index is 0.544. The number of hydrogen-bond donors (Lipinski definition) is 0. The molecule has 0 bridgehead atoms. The third kappa shape index (κ3) is 0.878. The zero-order valence-electron chi connectivity index (χ0n) is 8.03. The Hall–Kier alpha value is -1.30. The van der Waals surface area contributed by atoms with E-state index in [1.165, 1.54) is 27.5 Å². The molecule has 4 rings (SSSR count). The Bertz CT molecular complexity index is 623. The Morgan fingerprint density at radius 2 is 1.53 bits per heavy atom. The maximum absolute atomic E-state index is 2.33. The van der Waals surface area contributed by atoms with Crippen molar-refractivity contribution in [1.29, 1.82) is 0 Å². The third-order valence-electron chi connectivity index (χ3n) is 3.10. The van der Waals surface area contributed by atoms with Gasteiger partial charge in [-0.1, -0.05) is 0 Å². The molecule has 15 heavy (non-hydrogen) atoms. The summed E-state index contributed by atoms with van der Waals surface area (Å²) in [5, 5.41) is 2.85. The second-order valence-electron chi connectivity index (χ2n) is 3.87. The molecule has 1 aliphatic rings. The first-order valence-corrected chi connectivity index (χ1v) is 6.90. The molecule has 0 fully saturated rings. The predicted molar refractivity (Wildman–Crippen MR) is 65.3 cm³/mol. The van der Waals surface area contributed by atoms with Gasteiger partial charge in [0.1, 0.15) is 0 Å². The van der Waals surface area contributed by atoms with Gasteiger partial charge in [0, 0.05) is 0 Å². The summed E-state index contributed by atoms with van der Waals surface area (Å²) in [5.41, 5.74) is 4.39. The molecular weight excluding hydrogens is 247 g/mol. The first-order chi connectivity index (χ1) is 7.45.